The Kier molecular flexibility index (Phi) is 5.13. The van der Waals surface area contributed by atoms with Gasteiger partial charge in [0.05, 0.1) is 18.1 Å². The first-order valence-corrected chi connectivity index (χ1v) is 8.26. The molecule has 3 aromatic carbocycles. The molecule has 0 unspecified atom stereocenters. The zero-order chi connectivity index (χ0) is 19.4. The van der Waals surface area contributed by atoms with Crippen LogP contribution in [0.1, 0.15) is 22.3 Å². The smallest absolute Gasteiger partial charge is 0.351 e. The molecular formula is C21H15F3N2O. The summed E-state index contributed by atoms with van der Waals surface area (Å²) in [4.78, 5) is 12.1. The fraction of sp³-hybridized carbons (Fsp3) is 0.143. The molecule has 0 aliphatic heterocycles. The average molecular weight is 368 g/mol. The molecule has 0 bridgehead atoms. The topological polar surface area (TPSA) is 52.9 Å². The zero-order valence-electron chi connectivity index (χ0n) is 14.2. The number of nitriles is 1. The number of hydrogen-bond acceptors (Lipinski definition) is 2. The maximum Gasteiger partial charge on any atom is 0.416 e. The van der Waals surface area contributed by atoms with Crippen LogP contribution in [0.5, 0.6) is 0 Å². The highest BCUT2D eigenvalue weighted by Gasteiger charge is 2.30. The van der Waals surface area contributed by atoms with E-state index in [9.17, 15) is 18.0 Å². The summed E-state index contributed by atoms with van der Waals surface area (Å²) >= 11 is 0. The van der Waals surface area contributed by atoms with Crippen LogP contribution in [0.4, 0.5) is 13.2 Å². The van der Waals surface area contributed by atoms with Gasteiger partial charge in [0.25, 0.3) is 5.91 Å². The van der Waals surface area contributed by atoms with E-state index in [1.807, 2.05) is 18.2 Å². The van der Waals surface area contributed by atoms with E-state index in [1.165, 1.54) is 12.1 Å². The van der Waals surface area contributed by atoms with Crippen LogP contribution in [0, 0.1) is 11.3 Å². The first-order valence-electron chi connectivity index (χ1n) is 8.26. The van der Waals surface area contributed by atoms with Gasteiger partial charge in [0.2, 0.25) is 0 Å². The fourth-order valence-electron chi connectivity index (χ4n) is 2.85. The third kappa shape index (κ3) is 4.09. The molecule has 0 radical (unpaired) electrons. The summed E-state index contributed by atoms with van der Waals surface area (Å²) < 4.78 is 38.3. The Hall–Kier alpha value is -3.33. The molecule has 3 aromatic rings. The molecule has 0 fully saturated rings. The number of benzene rings is 3. The largest absolute Gasteiger partial charge is 0.416 e. The molecule has 3 rings (SSSR count). The minimum Gasteiger partial charge on any atom is -0.351 e. The highest BCUT2D eigenvalue weighted by Crippen LogP contribution is 2.33. The second-order valence-corrected chi connectivity index (χ2v) is 5.98. The van der Waals surface area contributed by atoms with E-state index < -0.39 is 11.7 Å². The molecule has 0 aliphatic rings. The van der Waals surface area contributed by atoms with Crippen molar-refractivity contribution in [3.63, 3.8) is 0 Å². The Balaban J connectivity index is 1.94. The molecule has 0 heterocycles. The molecule has 0 spiro atoms. The van der Waals surface area contributed by atoms with Gasteiger partial charge >= 0.3 is 6.18 Å². The average Bonchev–Trinajstić information content (AvgIpc) is 2.66. The lowest BCUT2D eigenvalue weighted by atomic mass is 9.96. The molecule has 0 aromatic heterocycles. The van der Waals surface area contributed by atoms with Crippen LogP contribution in [0.2, 0.25) is 0 Å². The van der Waals surface area contributed by atoms with E-state index in [0.717, 1.165) is 28.5 Å². The number of carbonyl (C=O) groups is 1. The van der Waals surface area contributed by atoms with Crippen molar-refractivity contribution < 1.29 is 18.0 Å². The zero-order valence-corrected chi connectivity index (χ0v) is 14.2. The molecule has 136 valence electrons. The lowest BCUT2D eigenvalue weighted by molar-refractivity contribution is -0.137. The van der Waals surface area contributed by atoms with Crippen LogP contribution in [0.15, 0.2) is 60.7 Å². The summed E-state index contributed by atoms with van der Waals surface area (Å²) in [6, 6.07) is 17.6. The Bertz CT molecular complexity index is 1020. The molecule has 6 heteroatoms. The highest BCUT2D eigenvalue weighted by atomic mass is 19.4. The molecule has 1 amide bonds. The maximum atomic E-state index is 12.8. The quantitative estimate of drug-likeness (QED) is 0.646. The van der Waals surface area contributed by atoms with E-state index >= 15 is 0 Å². The Morgan fingerprint density at radius 3 is 2.44 bits per heavy atom. The second-order valence-electron chi connectivity index (χ2n) is 5.98. The number of halogens is 3. The van der Waals surface area contributed by atoms with Gasteiger partial charge in [0.1, 0.15) is 0 Å². The van der Waals surface area contributed by atoms with Crippen LogP contribution in [-0.4, -0.2) is 12.5 Å². The molecule has 27 heavy (non-hydrogen) atoms. The summed E-state index contributed by atoms with van der Waals surface area (Å²) in [6.07, 6.45) is -4.14. The molecule has 0 saturated carbocycles. The van der Waals surface area contributed by atoms with Crippen molar-refractivity contribution in [2.24, 2.45) is 0 Å². The number of rotatable bonds is 4. The summed E-state index contributed by atoms with van der Waals surface area (Å²) in [7, 11) is 0. The van der Waals surface area contributed by atoms with Crippen molar-refractivity contribution in [1.82, 2.24) is 5.32 Å². The lowest BCUT2D eigenvalue weighted by Crippen LogP contribution is -2.24. The number of amides is 1. The van der Waals surface area contributed by atoms with Gasteiger partial charge in [-0.25, -0.2) is 0 Å². The van der Waals surface area contributed by atoms with E-state index in [4.69, 9.17) is 5.26 Å². The van der Waals surface area contributed by atoms with Crippen molar-refractivity contribution in [1.29, 1.82) is 5.26 Å². The highest BCUT2D eigenvalue weighted by molar-refractivity contribution is 6.02. The molecule has 0 saturated heterocycles. The van der Waals surface area contributed by atoms with Crippen LogP contribution >= 0.6 is 0 Å². The summed E-state index contributed by atoms with van der Waals surface area (Å²) in [5.74, 6) is -0.271. The van der Waals surface area contributed by atoms with Crippen molar-refractivity contribution in [2.45, 2.75) is 12.6 Å². The Labute approximate surface area is 154 Å². The van der Waals surface area contributed by atoms with E-state index in [1.54, 1.807) is 24.3 Å². The minimum absolute atomic E-state index is 0.234. The van der Waals surface area contributed by atoms with E-state index in [2.05, 4.69) is 5.32 Å². The van der Waals surface area contributed by atoms with Crippen LogP contribution in [0.25, 0.3) is 21.9 Å². The first-order chi connectivity index (χ1) is 12.9. The van der Waals surface area contributed by atoms with Gasteiger partial charge in [-0.3, -0.25) is 4.79 Å². The van der Waals surface area contributed by atoms with Gasteiger partial charge in [-0.15, -0.1) is 0 Å². The van der Waals surface area contributed by atoms with Crippen molar-refractivity contribution in [3.05, 3.63) is 71.8 Å². The Morgan fingerprint density at radius 1 is 1.04 bits per heavy atom. The molecule has 0 aliphatic carbocycles. The van der Waals surface area contributed by atoms with Crippen LogP contribution < -0.4 is 5.32 Å². The van der Waals surface area contributed by atoms with Gasteiger partial charge < -0.3 is 5.32 Å². The number of carbonyl (C=O) groups excluding carboxylic acids is 1. The first kappa shape index (κ1) is 18.5. The SMILES string of the molecule is N#CCCNC(=O)c1ccc2c(-c3ccc(C(F)(F)F)cc3)cccc2c1. The fourth-order valence-corrected chi connectivity index (χ4v) is 2.85. The van der Waals surface area contributed by atoms with Crippen molar-refractivity contribution in [2.75, 3.05) is 6.54 Å². The summed E-state index contributed by atoms with van der Waals surface area (Å²) in [6.45, 7) is 0.277. The van der Waals surface area contributed by atoms with E-state index in [0.29, 0.717) is 11.1 Å². The minimum atomic E-state index is -4.37. The second kappa shape index (κ2) is 7.50. The standard InChI is InChI=1S/C21H15F3N2O/c22-21(23,24)17-8-5-14(6-9-17)18-4-1-3-15-13-16(7-10-19(15)18)20(27)26-12-2-11-25/h1,3-10,13H,2,12H2,(H,26,27). The summed E-state index contributed by atoms with van der Waals surface area (Å²) in [5, 5.41) is 12.8. The monoisotopic (exact) mass is 368 g/mol. The predicted molar refractivity (Wildman–Crippen MR) is 96.9 cm³/mol. The van der Waals surface area contributed by atoms with Crippen molar-refractivity contribution >= 4 is 16.7 Å². The Morgan fingerprint density at radius 2 is 1.78 bits per heavy atom. The van der Waals surface area contributed by atoms with Crippen LogP contribution in [0.3, 0.4) is 0 Å². The third-order valence-corrected chi connectivity index (χ3v) is 4.19. The van der Waals surface area contributed by atoms with Gasteiger partial charge in [-0.05, 0) is 46.2 Å². The van der Waals surface area contributed by atoms with Crippen molar-refractivity contribution in [3.8, 4) is 17.2 Å². The van der Waals surface area contributed by atoms with Gasteiger partial charge in [0.15, 0.2) is 0 Å². The van der Waals surface area contributed by atoms with Gasteiger partial charge in [0, 0.05) is 12.1 Å². The molecule has 3 nitrogen and oxygen atoms in total. The number of nitrogens with zero attached hydrogens (tertiary/aromatic N) is 1. The normalized spacial score (nSPS) is 11.2. The number of hydrogen-bond donors (Lipinski definition) is 1. The molecular weight excluding hydrogens is 353 g/mol. The summed E-state index contributed by atoms with van der Waals surface area (Å²) in [5.41, 5.74) is 1.23. The third-order valence-electron chi connectivity index (χ3n) is 4.19. The van der Waals surface area contributed by atoms with Crippen LogP contribution in [-0.2, 0) is 6.18 Å². The number of alkyl halides is 3. The predicted octanol–water partition coefficient (Wildman–Crippen LogP) is 5.17. The van der Waals surface area contributed by atoms with E-state index in [-0.39, 0.29) is 18.9 Å². The maximum absolute atomic E-state index is 12.8. The van der Waals surface area contributed by atoms with Gasteiger partial charge in [-0.2, -0.15) is 18.4 Å². The molecule has 1 N–H and O–H groups in total. The van der Waals surface area contributed by atoms with Gasteiger partial charge in [-0.1, -0.05) is 36.4 Å². The number of fused-ring (bicyclic) bond motifs is 1. The number of nitrogens with one attached hydrogen (secondary N) is 1. The lowest BCUT2D eigenvalue weighted by Gasteiger charge is -2.11. The molecule has 0 atom stereocenters.